The van der Waals surface area contributed by atoms with E-state index in [2.05, 4.69) is 17.1 Å². The first kappa shape index (κ1) is 13.2. The largest absolute Gasteiger partial charge is 0.409 e. The second kappa shape index (κ2) is 6.09. The van der Waals surface area contributed by atoms with Gasteiger partial charge in [-0.1, -0.05) is 24.9 Å². The number of amidine groups is 1. The van der Waals surface area contributed by atoms with Gasteiger partial charge in [0.25, 0.3) is 0 Å². The van der Waals surface area contributed by atoms with Crippen molar-refractivity contribution in [2.75, 3.05) is 0 Å². The lowest BCUT2D eigenvalue weighted by Gasteiger charge is -2.26. The molecule has 0 saturated heterocycles. The van der Waals surface area contributed by atoms with Crippen LogP contribution in [0, 0.1) is 5.92 Å². The molecule has 1 fully saturated rings. The van der Waals surface area contributed by atoms with E-state index < -0.39 is 0 Å². The van der Waals surface area contributed by atoms with E-state index in [4.69, 9.17) is 10.9 Å². The van der Waals surface area contributed by atoms with Crippen LogP contribution in [0.4, 0.5) is 0 Å². The number of hydrogen-bond acceptors (Lipinski definition) is 4. The zero-order valence-corrected chi connectivity index (χ0v) is 11.4. The van der Waals surface area contributed by atoms with Gasteiger partial charge in [0.15, 0.2) is 5.84 Å². The van der Waals surface area contributed by atoms with Crippen LogP contribution >= 0.6 is 11.8 Å². The highest BCUT2D eigenvalue weighted by Crippen LogP contribution is 2.36. The molecule has 2 rings (SSSR count). The van der Waals surface area contributed by atoms with Gasteiger partial charge in [-0.25, -0.2) is 0 Å². The van der Waals surface area contributed by atoms with E-state index in [1.54, 1.807) is 30.2 Å². The van der Waals surface area contributed by atoms with Gasteiger partial charge in [-0.3, -0.25) is 4.98 Å². The molecule has 98 valence electrons. The van der Waals surface area contributed by atoms with Crippen LogP contribution < -0.4 is 5.73 Å². The number of rotatable bonds is 3. The number of hydrogen-bond donors (Lipinski definition) is 2. The molecule has 5 heteroatoms. The summed E-state index contributed by atoms with van der Waals surface area (Å²) in [6.45, 7) is 2.31. The Morgan fingerprint density at radius 3 is 3.11 bits per heavy atom. The van der Waals surface area contributed by atoms with Crippen molar-refractivity contribution in [2.24, 2.45) is 16.8 Å². The number of nitrogens with two attached hydrogens (primary N) is 1. The molecular formula is C13H19N3OS. The predicted molar refractivity (Wildman–Crippen MR) is 74.0 cm³/mol. The Morgan fingerprint density at radius 1 is 1.56 bits per heavy atom. The monoisotopic (exact) mass is 265 g/mol. The minimum absolute atomic E-state index is 0.156. The summed E-state index contributed by atoms with van der Waals surface area (Å²) in [5.41, 5.74) is 6.46. The Hall–Kier alpha value is -1.23. The summed E-state index contributed by atoms with van der Waals surface area (Å²) in [6.07, 6.45) is 8.56. The van der Waals surface area contributed by atoms with Gasteiger partial charge >= 0.3 is 0 Å². The Balaban J connectivity index is 2.13. The zero-order valence-electron chi connectivity index (χ0n) is 10.5. The fourth-order valence-corrected chi connectivity index (χ4v) is 3.89. The maximum atomic E-state index is 8.79. The van der Waals surface area contributed by atoms with E-state index in [-0.39, 0.29) is 5.84 Å². The van der Waals surface area contributed by atoms with Gasteiger partial charge < -0.3 is 10.9 Å². The predicted octanol–water partition coefficient (Wildman–Crippen LogP) is 2.85. The van der Waals surface area contributed by atoms with Gasteiger partial charge in [0.05, 0.1) is 0 Å². The summed E-state index contributed by atoms with van der Waals surface area (Å²) in [4.78, 5) is 5.14. The molecule has 1 aliphatic rings. The summed E-state index contributed by atoms with van der Waals surface area (Å²) in [5, 5.41) is 12.5. The van der Waals surface area contributed by atoms with E-state index in [1.165, 1.54) is 25.7 Å². The fourth-order valence-electron chi connectivity index (χ4n) is 2.40. The third kappa shape index (κ3) is 3.16. The summed E-state index contributed by atoms with van der Waals surface area (Å²) >= 11 is 1.80. The van der Waals surface area contributed by atoms with Gasteiger partial charge in [-0.05, 0) is 24.8 Å². The fraction of sp³-hybridized carbons (Fsp3) is 0.538. The third-order valence-electron chi connectivity index (χ3n) is 3.35. The van der Waals surface area contributed by atoms with Crippen molar-refractivity contribution >= 4 is 17.6 Å². The van der Waals surface area contributed by atoms with E-state index >= 15 is 0 Å². The number of pyridine rings is 1. The maximum Gasteiger partial charge on any atom is 0.171 e. The van der Waals surface area contributed by atoms with Crippen LogP contribution in [-0.4, -0.2) is 21.3 Å². The van der Waals surface area contributed by atoms with Crippen molar-refractivity contribution in [3.05, 3.63) is 24.0 Å². The average molecular weight is 265 g/mol. The Morgan fingerprint density at radius 2 is 2.39 bits per heavy atom. The van der Waals surface area contributed by atoms with Crippen LogP contribution in [-0.2, 0) is 0 Å². The number of nitrogens with zero attached hydrogens (tertiary/aromatic N) is 2. The SMILES string of the molecule is CC1CCCC(Sc2cnccc2/C(N)=N/O)C1. The Kier molecular flexibility index (Phi) is 4.47. The lowest BCUT2D eigenvalue weighted by atomic mass is 9.91. The molecule has 2 unspecified atom stereocenters. The van der Waals surface area contributed by atoms with Crippen LogP contribution in [0.15, 0.2) is 28.5 Å². The second-order valence-corrected chi connectivity index (χ2v) is 6.21. The molecule has 0 aromatic carbocycles. The standard InChI is InChI=1S/C13H19N3OS/c1-9-3-2-4-10(7-9)18-12-8-15-6-5-11(12)13(14)16-17/h5-6,8-10,17H,2-4,7H2,1H3,(H2,14,16). The van der Waals surface area contributed by atoms with Crippen molar-refractivity contribution < 1.29 is 5.21 Å². The smallest absolute Gasteiger partial charge is 0.171 e. The van der Waals surface area contributed by atoms with Crippen LogP contribution in [0.3, 0.4) is 0 Å². The van der Waals surface area contributed by atoms with Gasteiger partial charge in [-0.2, -0.15) is 0 Å². The lowest BCUT2D eigenvalue weighted by Crippen LogP contribution is -2.17. The topological polar surface area (TPSA) is 71.5 Å². The molecule has 0 bridgehead atoms. The van der Waals surface area contributed by atoms with Gasteiger partial charge in [0.1, 0.15) is 0 Å². The van der Waals surface area contributed by atoms with Crippen LogP contribution in [0.2, 0.25) is 0 Å². The van der Waals surface area contributed by atoms with Crippen molar-refractivity contribution in [3.63, 3.8) is 0 Å². The normalized spacial score (nSPS) is 25.1. The van der Waals surface area contributed by atoms with E-state index in [0.29, 0.717) is 5.25 Å². The highest BCUT2D eigenvalue weighted by Gasteiger charge is 2.21. The molecule has 18 heavy (non-hydrogen) atoms. The van der Waals surface area contributed by atoms with E-state index in [0.717, 1.165) is 16.4 Å². The molecule has 0 aliphatic heterocycles. The van der Waals surface area contributed by atoms with Crippen molar-refractivity contribution in [1.29, 1.82) is 0 Å². The molecule has 1 aromatic rings. The first-order valence-electron chi connectivity index (χ1n) is 6.29. The molecule has 4 nitrogen and oxygen atoms in total. The van der Waals surface area contributed by atoms with Gasteiger partial charge in [0, 0.05) is 28.1 Å². The zero-order chi connectivity index (χ0) is 13.0. The van der Waals surface area contributed by atoms with E-state index in [9.17, 15) is 0 Å². The first-order chi connectivity index (χ1) is 8.70. The first-order valence-corrected chi connectivity index (χ1v) is 7.17. The minimum atomic E-state index is 0.156. The van der Waals surface area contributed by atoms with Crippen molar-refractivity contribution in [3.8, 4) is 0 Å². The van der Waals surface area contributed by atoms with E-state index in [1.807, 2.05) is 0 Å². The molecule has 1 heterocycles. The summed E-state index contributed by atoms with van der Waals surface area (Å²) in [7, 11) is 0. The molecule has 0 amide bonds. The summed E-state index contributed by atoms with van der Waals surface area (Å²) in [5.74, 6) is 0.948. The maximum absolute atomic E-state index is 8.79. The highest BCUT2D eigenvalue weighted by molar-refractivity contribution is 8.00. The molecule has 3 N–H and O–H groups in total. The Bertz CT molecular complexity index is 436. The highest BCUT2D eigenvalue weighted by atomic mass is 32.2. The average Bonchev–Trinajstić information content (AvgIpc) is 2.38. The molecule has 1 aromatic heterocycles. The third-order valence-corrected chi connectivity index (χ3v) is 4.69. The Labute approximate surface area is 112 Å². The molecule has 1 saturated carbocycles. The molecule has 1 aliphatic carbocycles. The van der Waals surface area contributed by atoms with Crippen LogP contribution in [0.25, 0.3) is 0 Å². The minimum Gasteiger partial charge on any atom is -0.409 e. The molecular weight excluding hydrogens is 246 g/mol. The number of oxime groups is 1. The summed E-state index contributed by atoms with van der Waals surface area (Å²) < 4.78 is 0. The number of aromatic nitrogens is 1. The molecule has 2 atom stereocenters. The van der Waals surface area contributed by atoms with Crippen molar-refractivity contribution in [2.45, 2.75) is 42.8 Å². The molecule has 0 radical (unpaired) electrons. The second-order valence-electron chi connectivity index (χ2n) is 4.87. The lowest BCUT2D eigenvalue weighted by molar-refractivity contribution is 0.318. The van der Waals surface area contributed by atoms with Gasteiger partial charge in [0.2, 0.25) is 0 Å². The van der Waals surface area contributed by atoms with Crippen molar-refractivity contribution in [1.82, 2.24) is 4.98 Å². The summed E-state index contributed by atoms with van der Waals surface area (Å²) in [6, 6.07) is 1.80. The number of thioether (sulfide) groups is 1. The quantitative estimate of drug-likeness (QED) is 0.381. The van der Waals surface area contributed by atoms with Crippen LogP contribution in [0.1, 0.15) is 38.2 Å². The molecule has 0 spiro atoms. The van der Waals surface area contributed by atoms with Crippen LogP contribution in [0.5, 0.6) is 0 Å². The van der Waals surface area contributed by atoms with Gasteiger partial charge in [-0.15, -0.1) is 11.8 Å².